The van der Waals surface area contributed by atoms with E-state index >= 15 is 0 Å². The van der Waals surface area contributed by atoms with Crippen molar-refractivity contribution < 1.29 is 28.0 Å². The molecule has 0 heterocycles. The van der Waals surface area contributed by atoms with E-state index < -0.39 is 16.8 Å². The Labute approximate surface area is 217 Å². The van der Waals surface area contributed by atoms with Crippen molar-refractivity contribution in [2.24, 2.45) is 0 Å². The van der Waals surface area contributed by atoms with Crippen LogP contribution < -0.4 is 9.47 Å². The molecule has 2 aromatic carbocycles. The van der Waals surface area contributed by atoms with E-state index in [4.69, 9.17) is 14.2 Å². The van der Waals surface area contributed by atoms with E-state index in [2.05, 4.69) is 22.6 Å². The summed E-state index contributed by atoms with van der Waals surface area (Å²) < 4.78 is 29.2. The highest BCUT2D eigenvalue weighted by Crippen LogP contribution is 2.31. The molecule has 0 aliphatic heterocycles. The second-order valence-electron chi connectivity index (χ2n) is 7.16. The molecule has 1 unspecified atom stereocenters. The van der Waals surface area contributed by atoms with Gasteiger partial charge in [0, 0.05) is 33.4 Å². The third-order valence-corrected chi connectivity index (χ3v) is 7.26. The number of halogens is 1. The van der Waals surface area contributed by atoms with E-state index in [0.29, 0.717) is 43.4 Å². The molecule has 34 heavy (non-hydrogen) atoms. The zero-order valence-corrected chi connectivity index (χ0v) is 22.6. The molecule has 0 saturated carbocycles. The monoisotopic (exact) mass is 599 g/mol. The van der Waals surface area contributed by atoms with Crippen molar-refractivity contribution in [1.82, 2.24) is 4.90 Å². The zero-order valence-electron chi connectivity index (χ0n) is 19.6. The first kappa shape index (κ1) is 27.8. The third-order valence-electron chi connectivity index (χ3n) is 4.91. The van der Waals surface area contributed by atoms with Gasteiger partial charge in [-0.05, 0) is 65.8 Å². The Hall–Kier alpha value is -2.40. The van der Waals surface area contributed by atoms with Crippen molar-refractivity contribution in [3.05, 3.63) is 63.8 Å². The lowest BCUT2D eigenvalue weighted by molar-refractivity contribution is -0.137. The number of esters is 1. The molecule has 0 saturated heterocycles. The minimum absolute atomic E-state index is 0.0975. The second kappa shape index (κ2) is 14.8. The minimum Gasteiger partial charge on any atom is -0.493 e. The first-order valence-electron chi connectivity index (χ1n) is 10.8. The summed E-state index contributed by atoms with van der Waals surface area (Å²) in [7, 11) is 1.90. The van der Waals surface area contributed by atoms with Crippen LogP contribution in [0.3, 0.4) is 0 Å². The number of methoxy groups -OCH3 is 2. The molecular weight excluding hydrogens is 569 g/mol. The van der Waals surface area contributed by atoms with Crippen LogP contribution in [0.1, 0.15) is 18.9 Å². The number of benzene rings is 2. The number of hydrogen-bond donors (Lipinski definition) is 0. The van der Waals surface area contributed by atoms with Crippen LogP contribution in [-0.2, 0) is 31.5 Å². The molecule has 0 spiro atoms. The predicted octanol–water partition coefficient (Wildman–Crippen LogP) is 4.00. The molecule has 0 N–H and O–H groups in total. The molecule has 0 radical (unpaired) electrons. The molecule has 0 aliphatic rings. The van der Waals surface area contributed by atoms with Crippen molar-refractivity contribution in [3.8, 4) is 11.5 Å². The predicted molar refractivity (Wildman–Crippen MR) is 141 cm³/mol. The Morgan fingerprint density at radius 3 is 2.38 bits per heavy atom. The molecule has 2 aromatic rings. The second-order valence-corrected chi connectivity index (χ2v) is 9.89. The highest BCUT2D eigenvalue weighted by molar-refractivity contribution is 14.1. The quantitative estimate of drug-likeness (QED) is 0.197. The lowest BCUT2D eigenvalue weighted by atomic mass is 10.1. The lowest BCUT2D eigenvalue weighted by Gasteiger charge is -2.23. The number of carbonyl (C=O) groups is 2. The SMILES string of the molecule is CCOC(=O)/C=C/CCN(CCS(=O)c1ccccc1)C(=O)Cc1cc(OC)c(OC)cc1I. The van der Waals surface area contributed by atoms with Gasteiger partial charge in [-0.2, -0.15) is 0 Å². The van der Waals surface area contributed by atoms with Crippen LogP contribution >= 0.6 is 22.6 Å². The van der Waals surface area contributed by atoms with Crippen LogP contribution in [-0.4, -0.2) is 60.7 Å². The van der Waals surface area contributed by atoms with Gasteiger partial charge in [0.05, 0.1) is 38.0 Å². The normalized spacial score (nSPS) is 11.8. The number of amides is 1. The summed E-state index contributed by atoms with van der Waals surface area (Å²) in [6, 6.07) is 12.8. The summed E-state index contributed by atoms with van der Waals surface area (Å²) in [4.78, 5) is 27.2. The van der Waals surface area contributed by atoms with Gasteiger partial charge in [0.25, 0.3) is 0 Å². The third kappa shape index (κ3) is 8.75. The van der Waals surface area contributed by atoms with Crippen molar-refractivity contribution in [2.45, 2.75) is 24.7 Å². The number of nitrogens with zero attached hydrogens (tertiary/aromatic N) is 1. The van der Waals surface area contributed by atoms with Gasteiger partial charge < -0.3 is 19.1 Å². The Morgan fingerprint density at radius 2 is 1.74 bits per heavy atom. The zero-order chi connectivity index (χ0) is 24.9. The Balaban J connectivity index is 2.12. The van der Waals surface area contributed by atoms with E-state index in [0.717, 1.165) is 14.0 Å². The van der Waals surface area contributed by atoms with Gasteiger partial charge in [0.2, 0.25) is 5.91 Å². The molecule has 0 fully saturated rings. The first-order chi connectivity index (χ1) is 16.4. The molecule has 184 valence electrons. The van der Waals surface area contributed by atoms with E-state index in [1.54, 1.807) is 38.2 Å². The molecule has 1 atom stereocenters. The van der Waals surface area contributed by atoms with Crippen LogP contribution in [0.5, 0.6) is 11.5 Å². The van der Waals surface area contributed by atoms with Crippen LogP contribution in [0.15, 0.2) is 59.5 Å². The van der Waals surface area contributed by atoms with Crippen LogP contribution in [0.25, 0.3) is 0 Å². The Morgan fingerprint density at radius 1 is 1.06 bits per heavy atom. The Kier molecular flexibility index (Phi) is 12.1. The van der Waals surface area contributed by atoms with E-state index in [9.17, 15) is 13.8 Å². The average molecular weight is 599 g/mol. The summed E-state index contributed by atoms with van der Waals surface area (Å²) in [5.74, 6) is 0.965. The maximum atomic E-state index is 13.2. The van der Waals surface area contributed by atoms with E-state index in [-0.39, 0.29) is 12.3 Å². The van der Waals surface area contributed by atoms with Crippen molar-refractivity contribution in [3.63, 3.8) is 0 Å². The van der Waals surface area contributed by atoms with Gasteiger partial charge in [-0.15, -0.1) is 0 Å². The summed E-state index contributed by atoms with van der Waals surface area (Å²) >= 11 is 2.17. The fourth-order valence-electron chi connectivity index (χ4n) is 3.15. The topological polar surface area (TPSA) is 82.1 Å². The molecular formula is C25H30INO6S. The van der Waals surface area contributed by atoms with Crippen molar-refractivity contribution >= 4 is 45.3 Å². The largest absolute Gasteiger partial charge is 0.493 e. The standard InChI is InChI=1S/C25H30INO6S/c1-4-33-25(29)12-8-9-13-27(14-15-34(30)20-10-6-5-7-11-20)24(28)17-19-16-22(31-2)23(32-3)18-21(19)26/h5-8,10-12,16,18H,4,9,13-15,17H2,1-3H3/b12-8+. The summed E-state index contributed by atoms with van der Waals surface area (Å²) in [5, 5.41) is 0. The van der Waals surface area contributed by atoms with Crippen LogP contribution in [0.2, 0.25) is 0 Å². The molecule has 0 bridgehead atoms. The summed E-state index contributed by atoms with van der Waals surface area (Å²) in [5.41, 5.74) is 0.819. The van der Waals surface area contributed by atoms with E-state index in [1.165, 1.54) is 6.08 Å². The van der Waals surface area contributed by atoms with Gasteiger partial charge in [-0.3, -0.25) is 9.00 Å². The molecule has 2 rings (SSSR count). The molecule has 0 aliphatic carbocycles. The molecule has 1 amide bonds. The average Bonchev–Trinajstić information content (AvgIpc) is 2.84. The summed E-state index contributed by atoms with van der Waals surface area (Å²) in [6.07, 6.45) is 3.70. The number of hydrogen-bond acceptors (Lipinski definition) is 6. The fraction of sp³-hybridized carbons (Fsp3) is 0.360. The highest BCUT2D eigenvalue weighted by atomic mass is 127. The van der Waals surface area contributed by atoms with Gasteiger partial charge >= 0.3 is 5.97 Å². The number of carbonyl (C=O) groups excluding carboxylic acids is 2. The van der Waals surface area contributed by atoms with Gasteiger partial charge in [-0.1, -0.05) is 24.3 Å². The van der Waals surface area contributed by atoms with Crippen LogP contribution in [0.4, 0.5) is 0 Å². The molecule has 0 aromatic heterocycles. The molecule has 7 nitrogen and oxygen atoms in total. The van der Waals surface area contributed by atoms with Crippen molar-refractivity contribution in [1.29, 1.82) is 0 Å². The Bertz CT molecular complexity index is 1010. The number of rotatable bonds is 13. The fourth-order valence-corrected chi connectivity index (χ4v) is 4.86. The van der Waals surface area contributed by atoms with Gasteiger partial charge in [-0.25, -0.2) is 4.79 Å². The van der Waals surface area contributed by atoms with Gasteiger partial charge in [0.15, 0.2) is 11.5 Å². The van der Waals surface area contributed by atoms with Gasteiger partial charge in [0.1, 0.15) is 0 Å². The summed E-state index contributed by atoms with van der Waals surface area (Å²) in [6.45, 7) is 2.78. The van der Waals surface area contributed by atoms with Crippen LogP contribution in [0, 0.1) is 3.57 Å². The maximum Gasteiger partial charge on any atom is 0.330 e. The number of ether oxygens (including phenoxy) is 3. The highest BCUT2D eigenvalue weighted by Gasteiger charge is 2.18. The van der Waals surface area contributed by atoms with E-state index in [1.807, 2.05) is 36.4 Å². The first-order valence-corrected chi connectivity index (χ1v) is 13.2. The molecule has 9 heteroatoms. The smallest absolute Gasteiger partial charge is 0.330 e. The lowest BCUT2D eigenvalue weighted by Crippen LogP contribution is -2.36. The van der Waals surface area contributed by atoms with Crippen molar-refractivity contribution in [2.75, 3.05) is 39.7 Å². The maximum absolute atomic E-state index is 13.2. The minimum atomic E-state index is -1.22.